The molecule has 1 aromatic heterocycles. The molecule has 0 aliphatic heterocycles. The Hall–Kier alpha value is -1.89. The SMILES string of the molecule is CC(C)(C)OC(=O)c1cncc(C#N)c1. The van der Waals surface area contributed by atoms with Gasteiger partial charge in [-0.25, -0.2) is 4.79 Å². The van der Waals surface area contributed by atoms with Crippen molar-refractivity contribution >= 4 is 5.97 Å². The summed E-state index contributed by atoms with van der Waals surface area (Å²) in [6, 6.07) is 3.37. The Morgan fingerprint density at radius 3 is 2.67 bits per heavy atom. The quantitative estimate of drug-likeness (QED) is 0.655. The Morgan fingerprint density at radius 2 is 2.13 bits per heavy atom. The van der Waals surface area contributed by atoms with Crippen molar-refractivity contribution in [1.82, 2.24) is 4.98 Å². The van der Waals surface area contributed by atoms with Crippen LogP contribution in [0.15, 0.2) is 18.5 Å². The van der Waals surface area contributed by atoms with Gasteiger partial charge in [0.05, 0.1) is 11.1 Å². The first-order valence-corrected chi connectivity index (χ1v) is 4.51. The summed E-state index contributed by atoms with van der Waals surface area (Å²) in [6.45, 7) is 5.35. The summed E-state index contributed by atoms with van der Waals surface area (Å²) in [5, 5.41) is 8.63. The lowest BCUT2D eigenvalue weighted by molar-refractivity contribution is 0.00690. The molecule has 0 unspecified atom stereocenters. The van der Waals surface area contributed by atoms with Crippen molar-refractivity contribution in [1.29, 1.82) is 5.26 Å². The van der Waals surface area contributed by atoms with Crippen LogP contribution in [0.3, 0.4) is 0 Å². The van der Waals surface area contributed by atoms with Gasteiger partial charge >= 0.3 is 5.97 Å². The van der Waals surface area contributed by atoms with E-state index in [4.69, 9.17) is 10.00 Å². The van der Waals surface area contributed by atoms with Gasteiger partial charge in [0.15, 0.2) is 0 Å². The van der Waals surface area contributed by atoms with Crippen LogP contribution in [0.5, 0.6) is 0 Å². The van der Waals surface area contributed by atoms with Gasteiger partial charge in [-0.2, -0.15) is 5.26 Å². The van der Waals surface area contributed by atoms with E-state index in [0.717, 1.165) is 0 Å². The van der Waals surface area contributed by atoms with Gasteiger partial charge in [-0.05, 0) is 26.8 Å². The number of nitriles is 1. The summed E-state index contributed by atoms with van der Waals surface area (Å²) < 4.78 is 5.13. The van der Waals surface area contributed by atoms with Gasteiger partial charge in [0.1, 0.15) is 11.7 Å². The summed E-state index contributed by atoms with van der Waals surface area (Å²) in [6.07, 6.45) is 2.78. The molecular weight excluding hydrogens is 192 g/mol. The Bertz CT molecular complexity index is 413. The molecule has 0 saturated heterocycles. The van der Waals surface area contributed by atoms with Gasteiger partial charge in [0.25, 0.3) is 0 Å². The Balaban J connectivity index is 2.88. The predicted octanol–water partition coefficient (Wildman–Crippen LogP) is 1.91. The van der Waals surface area contributed by atoms with Crippen LogP contribution in [0, 0.1) is 11.3 Å². The molecule has 1 aromatic rings. The average Bonchev–Trinajstić information content (AvgIpc) is 2.15. The van der Waals surface area contributed by atoms with E-state index in [1.54, 1.807) is 20.8 Å². The van der Waals surface area contributed by atoms with E-state index in [-0.39, 0.29) is 0 Å². The second kappa shape index (κ2) is 4.09. The second-order valence-corrected chi connectivity index (χ2v) is 4.08. The molecule has 0 bridgehead atoms. The molecule has 0 aliphatic rings. The largest absolute Gasteiger partial charge is 0.456 e. The molecule has 0 saturated carbocycles. The first-order valence-electron chi connectivity index (χ1n) is 4.51. The summed E-state index contributed by atoms with van der Waals surface area (Å²) in [5.41, 5.74) is 0.0991. The highest BCUT2D eigenvalue weighted by Gasteiger charge is 2.18. The number of pyridine rings is 1. The third-order valence-corrected chi connectivity index (χ3v) is 1.50. The van der Waals surface area contributed by atoms with Crippen LogP contribution in [0.2, 0.25) is 0 Å². The van der Waals surface area contributed by atoms with Crippen LogP contribution >= 0.6 is 0 Å². The summed E-state index contributed by atoms with van der Waals surface area (Å²) in [5.74, 6) is -0.466. The van der Waals surface area contributed by atoms with Crippen LogP contribution in [-0.4, -0.2) is 16.6 Å². The fraction of sp³-hybridized carbons (Fsp3) is 0.364. The fourth-order valence-electron chi connectivity index (χ4n) is 0.950. The first kappa shape index (κ1) is 11.2. The Morgan fingerprint density at radius 1 is 1.47 bits per heavy atom. The van der Waals surface area contributed by atoms with Crippen molar-refractivity contribution in [2.45, 2.75) is 26.4 Å². The van der Waals surface area contributed by atoms with Crippen LogP contribution in [0.1, 0.15) is 36.7 Å². The van der Waals surface area contributed by atoms with Gasteiger partial charge in [0.2, 0.25) is 0 Å². The van der Waals surface area contributed by atoms with Gasteiger partial charge in [-0.15, -0.1) is 0 Å². The van der Waals surface area contributed by atoms with Crippen molar-refractivity contribution < 1.29 is 9.53 Å². The minimum Gasteiger partial charge on any atom is -0.456 e. The van der Waals surface area contributed by atoms with Crippen LogP contribution in [0.25, 0.3) is 0 Å². The maximum absolute atomic E-state index is 11.6. The molecular formula is C11H12N2O2. The highest BCUT2D eigenvalue weighted by molar-refractivity contribution is 5.89. The number of nitrogens with zero attached hydrogens (tertiary/aromatic N) is 2. The number of carbonyl (C=O) groups excluding carboxylic acids is 1. The van der Waals surface area contributed by atoms with Crippen molar-refractivity contribution in [2.75, 3.05) is 0 Å². The van der Waals surface area contributed by atoms with Gasteiger partial charge in [-0.1, -0.05) is 0 Å². The topological polar surface area (TPSA) is 63.0 Å². The van der Waals surface area contributed by atoms with Gasteiger partial charge < -0.3 is 4.74 Å². The molecule has 4 heteroatoms. The van der Waals surface area contributed by atoms with Crippen LogP contribution in [-0.2, 0) is 4.74 Å². The number of esters is 1. The lowest BCUT2D eigenvalue weighted by Crippen LogP contribution is -2.24. The zero-order chi connectivity index (χ0) is 11.5. The van der Waals surface area contributed by atoms with E-state index in [0.29, 0.717) is 11.1 Å². The summed E-state index contributed by atoms with van der Waals surface area (Å²) >= 11 is 0. The minimum atomic E-state index is -0.542. The Labute approximate surface area is 88.5 Å². The molecule has 0 aromatic carbocycles. The molecule has 4 nitrogen and oxygen atoms in total. The number of aromatic nitrogens is 1. The zero-order valence-corrected chi connectivity index (χ0v) is 8.94. The van der Waals surface area contributed by atoms with Crippen molar-refractivity contribution in [3.63, 3.8) is 0 Å². The normalized spacial score (nSPS) is 10.5. The fourth-order valence-corrected chi connectivity index (χ4v) is 0.950. The van der Waals surface area contributed by atoms with Gasteiger partial charge in [0, 0.05) is 12.4 Å². The predicted molar refractivity (Wildman–Crippen MR) is 54.1 cm³/mol. The minimum absolute atomic E-state index is 0.295. The number of hydrogen-bond donors (Lipinski definition) is 0. The summed E-state index contributed by atoms with van der Waals surface area (Å²) in [7, 11) is 0. The second-order valence-electron chi connectivity index (χ2n) is 4.08. The molecule has 0 aliphatic carbocycles. The third-order valence-electron chi connectivity index (χ3n) is 1.50. The number of hydrogen-bond acceptors (Lipinski definition) is 4. The highest BCUT2D eigenvalue weighted by atomic mass is 16.6. The smallest absolute Gasteiger partial charge is 0.340 e. The van der Waals surface area contributed by atoms with Crippen LogP contribution in [0.4, 0.5) is 0 Å². The van der Waals surface area contributed by atoms with E-state index >= 15 is 0 Å². The standard InChI is InChI=1S/C11H12N2O2/c1-11(2,3)15-10(14)9-4-8(5-12)6-13-7-9/h4,6-7H,1-3H3. The lowest BCUT2D eigenvalue weighted by Gasteiger charge is -2.19. The lowest BCUT2D eigenvalue weighted by atomic mass is 10.2. The average molecular weight is 204 g/mol. The number of carbonyl (C=O) groups is 1. The third kappa shape index (κ3) is 3.39. The number of rotatable bonds is 1. The van der Waals surface area contributed by atoms with E-state index in [1.165, 1.54) is 18.5 Å². The van der Waals surface area contributed by atoms with Crippen molar-refractivity contribution in [2.24, 2.45) is 0 Å². The molecule has 0 radical (unpaired) electrons. The Kier molecular flexibility index (Phi) is 3.05. The number of ether oxygens (including phenoxy) is 1. The molecule has 0 amide bonds. The molecule has 0 atom stereocenters. The molecule has 0 N–H and O–H groups in total. The maximum Gasteiger partial charge on any atom is 0.340 e. The molecule has 0 fully saturated rings. The van der Waals surface area contributed by atoms with E-state index in [2.05, 4.69) is 4.98 Å². The van der Waals surface area contributed by atoms with E-state index < -0.39 is 11.6 Å². The summed E-state index contributed by atoms with van der Waals surface area (Å²) in [4.78, 5) is 15.3. The monoisotopic (exact) mass is 204 g/mol. The van der Waals surface area contributed by atoms with Crippen molar-refractivity contribution in [3.05, 3.63) is 29.6 Å². The maximum atomic E-state index is 11.6. The molecule has 1 rings (SSSR count). The van der Waals surface area contributed by atoms with Crippen LogP contribution < -0.4 is 0 Å². The zero-order valence-electron chi connectivity index (χ0n) is 8.94. The molecule has 78 valence electrons. The molecule has 15 heavy (non-hydrogen) atoms. The van der Waals surface area contributed by atoms with Gasteiger partial charge in [-0.3, -0.25) is 4.98 Å². The highest BCUT2D eigenvalue weighted by Crippen LogP contribution is 2.11. The van der Waals surface area contributed by atoms with E-state index in [1.807, 2.05) is 6.07 Å². The van der Waals surface area contributed by atoms with E-state index in [9.17, 15) is 4.79 Å². The first-order chi connectivity index (χ1) is 6.92. The molecule has 1 heterocycles. The van der Waals surface area contributed by atoms with Crippen molar-refractivity contribution in [3.8, 4) is 6.07 Å². The molecule has 0 spiro atoms.